The first-order valence-electron chi connectivity index (χ1n) is 18.1. The topological polar surface area (TPSA) is 119 Å². The second-order valence-corrected chi connectivity index (χ2v) is 15.8. The van der Waals surface area contributed by atoms with Gasteiger partial charge in [0.25, 0.3) is 0 Å². The third-order valence-corrected chi connectivity index (χ3v) is 14.0. The Bertz CT molecular complexity index is 1670. The van der Waals surface area contributed by atoms with Gasteiger partial charge in [-0.05, 0) is 56.5 Å². The van der Waals surface area contributed by atoms with E-state index in [9.17, 15) is 14.4 Å². The molecule has 6 aliphatic rings. The van der Waals surface area contributed by atoms with Crippen molar-refractivity contribution < 1.29 is 47.5 Å². The van der Waals surface area contributed by atoms with Crippen molar-refractivity contribution in [3.05, 3.63) is 71.8 Å². The molecule has 1 spiro atoms. The molecule has 5 saturated carbocycles. The number of ether oxygens (including phenoxy) is 7. The number of rotatable bonds is 10. The lowest BCUT2D eigenvalue weighted by Gasteiger charge is -2.69. The van der Waals surface area contributed by atoms with E-state index in [-0.39, 0.29) is 47.8 Å². The number of methoxy groups -OCH3 is 4. The summed E-state index contributed by atoms with van der Waals surface area (Å²) in [5.74, 6) is -2.76. The molecule has 0 N–H and O–H groups in total. The van der Waals surface area contributed by atoms with Gasteiger partial charge in [0.05, 0.1) is 29.9 Å². The molecule has 2 aromatic carbocycles. The minimum absolute atomic E-state index is 0.0463. The van der Waals surface area contributed by atoms with E-state index in [0.717, 1.165) is 19.4 Å². The highest BCUT2D eigenvalue weighted by Gasteiger charge is 2.90. The highest BCUT2D eigenvalue weighted by molar-refractivity contribution is 5.91. The van der Waals surface area contributed by atoms with Crippen LogP contribution in [0.2, 0.25) is 0 Å². The summed E-state index contributed by atoms with van der Waals surface area (Å²) in [4.78, 5) is 44.3. The summed E-state index contributed by atoms with van der Waals surface area (Å²) in [7, 11) is 9.01. The van der Waals surface area contributed by atoms with Crippen molar-refractivity contribution in [2.45, 2.75) is 74.3 Å². The van der Waals surface area contributed by atoms with Crippen LogP contribution in [0.25, 0.3) is 0 Å². The standard InChI is InChI=1S/C40H49NO10/c1-23(42)50-39-20-28(47-5)38(51-36(44)25-15-11-8-12-16-25)19-26(29(39)34(38)49-35(43)24-13-9-7-10-14-24)40-27(46-4)17-18-37(22-45-3)21-41(2)33(40)30(39)31(48-6)32(37)40/h7-16,26-34H,17-22H2,1-6H3/t26-,27+,28+,29-,30+,31+,32-,33?,34-,37+,38+,39-,40+/m1/s1. The molecule has 13 atom stereocenters. The van der Waals surface area contributed by atoms with Crippen LogP contribution in [0.5, 0.6) is 0 Å². The summed E-state index contributed by atoms with van der Waals surface area (Å²) < 4.78 is 45.8. The van der Waals surface area contributed by atoms with Crippen molar-refractivity contribution in [1.29, 1.82) is 0 Å². The Morgan fingerprint density at radius 1 is 0.784 bits per heavy atom. The zero-order valence-corrected chi connectivity index (χ0v) is 30.2. The molecule has 51 heavy (non-hydrogen) atoms. The summed E-state index contributed by atoms with van der Waals surface area (Å²) in [6, 6.07) is 17.5. The van der Waals surface area contributed by atoms with Crippen LogP contribution in [0.1, 0.15) is 53.3 Å². The second kappa shape index (κ2) is 12.4. The van der Waals surface area contributed by atoms with Crippen LogP contribution >= 0.6 is 0 Å². The fourth-order valence-electron chi connectivity index (χ4n) is 13.1. The van der Waals surface area contributed by atoms with Crippen LogP contribution in [0.15, 0.2) is 60.7 Å². The Morgan fingerprint density at radius 2 is 1.43 bits per heavy atom. The molecule has 11 nitrogen and oxygen atoms in total. The predicted octanol–water partition coefficient (Wildman–Crippen LogP) is 4.18. The summed E-state index contributed by atoms with van der Waals surface area (Å²) >= 11 is 0. The van der Waals surface area contributed by atoms with Gasteiger partial charge >= 0.3 is 17.9 Å². The lowest BCUT2D eigenvalue weighted by Crippen LogP contribution is -2.77. The Hall–Kier alpha value is -3.35. The number of carbonyl (C=O) groups excluding carboxylic acids is 3. The van der Waals surface area contributed by atoms with Crippen LogP contribution in [-0.2, 0) is 38.0 Å². The highest BCUT2D eigenvalue weighted by atomic mass is 16.6. The van der Waals surface area contributed by atoms with Gasteiger partial charge in [0, 0.05) is 83.0 Å². The van der Waals surface area contributed by atoms with Gasteiger partial charge in [-0.15, -0.1) is 0 Å². The Balaban J connectivity index is 1.39. The maximum atomic E-state index is 14.2. The largest absolute Gasteiger partial charge is 0.458 e. The van der Waals surface area contributed by atoms with Gasteiger partial charge in [-0.1, -0.05) is 36.4 Å². The molecule has 11 heteroatoms. The summed E-state index contributed by atoms with van der Waals surface area (Å²) in [5.41, 5.74) is -2.70. The minimum atomic E-state index is -1.40. The van der Waals surface area contributed by atoms with Crippen molar-refractivity contribution in [1.82, 2.24) is 4.90 Å². The Morgan fingerprint density at radius 3 is 2.02 bits per heavy atom. The van der Waals surface area contributed by atoms with Crippen LogP contribution in [0.3, 0.4) is 0 Å². The first-order valence-corrected chi connectivity index (χ1v) is 18.1. The van der Waals surface area contributed by atoms with Crippen LogP contribution < -0.4 is 0 Å². The molecule has 1 heterocycles. The number of piperidine rings is 1. The smallest absolute Gasteiger partial charge is 0.338 e. The Labute approximate surface area is 299 Å². The van der Waals surface area contributed by atoms with Gasteiger partial charge in [0.2, 0.25) is 0 Å². The van der Waals surface area contributed by atoms with E-state index in [1.165, 1.54) is 6.92 Å². The quantitative estimate of drug-likeness (QED) is 0.262. The van der Waals surface area contributed by atoms with Crippen molar-refractivity contribution >= 4 is 17.9 Å². The van der Waals surface area contributed by atoms with Gasteiger partial charge in [0.15, 0.2) is 11.7 Å². The van der Waals surface area contributed by atoms with E-state index in [1.54, 1.807) is 77.0 Å². The molecule has 8 rings (SSSR count). The molecule has 1 unspecified atom stereocenters. The molecule has 1 aliphatic heterocycles. The summed E-state index contributed by atoms with van der Waals surface area (Å²) in [6.07, 6.45) is -0.113. The van der Waals surface area contributed by atoms with E-state index in [0.29, 0.717) is 24.2 Å². The molecular formula is C40H49NO10. The highest BCUT2D eigenvalue weighted by Crippen LogP contribution is 2.81. The monoisotopic (exact) mass is 703 g/mol. The molecule has 1 saturated heterocycles. The number of esters is 3. The zero-order valence-electron chi connectivity index (χ0n) is 30.2. The SMILES string of the molecule is COC[C@@]12CC[C@H](OC)[C@]34C([C@H]([C@H](OC)[C@H]13)[C@@]1(OC(C)=O)C[C@H](OC)[C@@]3(OC(=O)c5ccccc5)C[C@@H]4[C@@H]1[C@H]3OC(=O)c1ccccc1)N(C)C2. The molecule has 7 bridgehead atoms. The number of hydrogen-bond acceptors (Lipinski definition) is 11. The lowest BCUT2D eigenvalue weighted by atomic mass is 9.43. The summed E-state index contributed by atoms with van der Waals surface area (Å²) in [5, 5.41) is 0. The van der Waals surface area contributed by atoms with Crippen molar-refractivity contribution in [2.24, 2.45) is 34.5 Å². The molecule has 5 aliphatic carbocycles. The van der Waals surface area contributed by atoms with Crippen molar-refractivity contribution in [2.75, 3.05) is 48.6 Å². The Kier molecular flexibility index (Phi) is 8.42. The van der Waals surface area contributed by atoms with Crippen molar-refractivity contribution in [3.8, 4) is 0 Å². The number of hydrogen-bond donors (Lipinski definition) is 0. The molecule has 2 aromatic rings. The van der Waals surface area contributed by atoms with Crippen LogP contribution in [0.4, 0.5) is 0 Å². The van der Waals surface area contributed by atoms with Gasteiger partial charge in [-0.3, -0.25) is 4.79 Å². The molecule has 0 amide bonds. The van der Waals surface area contributed by atoms with Gasteiger partial charge in [-0.2, -0.15) is 0 Å². The number of likely N-dealkylation sites (tertiary alicyclic amines) is 1. The van der Waals surface area contributed by atoms with E-state index in [2.05, 4.69) is 11.9 Å². The minimum Gasteiger partial charge on any atom is -0.458 e. The van der Waals surface area contributed by atoms with E-state index < -0.39 is 52.7 Å². The third-order valence-electron chi connectivity index (χ3n) is 14.0. The summed E-state index contributed by atoms with van der Waals surface area (Å²) in [6.45, 7) is 2.74. The average molecular weight is 704 g/mol. The number of benzene rings is 2. The zero-order chi connectivity index (χ0) is 35.9. The maximum Gasteiger partial charge on any atom is 0.338 e. The average Bonchev–Trinajstić information content (AvgIpc) is 3.53. The van der Waals surface area contributed by atoms with Crippen LogP contribution in [-0.4, -0.2) is 113 Å². The van der Waals surface area contributed by atoms with Crippen molar-refractivity contribution in [3.63, 3.8) is 0 Å². The second-order valence-electron chi connectivity index (χ2n) is 15.8. The van der Waals surface area contributed by atoms with Gasteiger partial charge < -0.3 is 38.1 Å². The number of nitrogens with zero attached hydrogens (tertiary/aromatic N) is 1. The van der Waals surface area contributed by atoms with Crippen LogP contribution in [0, 0.1) is 34.5 Å². The first kappa shape index (κ1) is 34.7. The normalized spacial score (nSPS) is 43.0. The maximum absolute atomic E-state index is 14.2. The lowest BCUT2D eigenvalue weighted by molar-refractivity contribution is -0.285. The number of carbonyl (C=O) groups is 3. The molecule has 6 fully saturated rings. The van der Waals surface area contributed by atoms with E-state index in [4.69, 9.17) is 33.2 Å². The van der Waals surface area contributed by atoms with Gasteiger partial charge in [0.1, 0.15) is 11.7 Å². The molecule has 0 radical (unpaired) electrons. The first-order chi connectivity index (χ1) is 24.6. The van der Waals surface area contributed by atoms with Gasteiger partial charge in [-0.25, -0.2) is 9.59 Å². The fourth-order valence-corrected chi connectivity index (χ4v) is 13.1. The predicted molar refractivity (Wildman–Crippen MR) is 183 cm³/mol. The third kappa shape index (κ3) is 4.51. The van der Waals surface area contributed by atoms with E-state index in [1.807, 2.05) is 12.1 Å². The fraction of sp³-hybridized carbons (Fsp3) is 0.625. The van der Waals surface area contributed by atoms with E-state index >= 15 is 0 Å². The number of fused-ring (bicyclic) bond motifs is 2. The molecular weight excluding hydrogens is 654 g/mol. The molecule has 0 aromatic heterocycles. The molecule has 274 valence electrons.